The molecule has 0 bridgehead atoms. The Morgan fingerprint density at radius 1 is 0.800 bits per heavy atom. The molecule has 0 saturated carbocycles. The second-order valence-electron chi connectivity index (χ2n) is 0. The number of hydrogen-bond donors (Lipinski definition) is 0. The van der Waals surface area contributed by atoms with Crippen LogP contribution in [0.15, 0.2) is 0 Å². The van der Waals surface area contributed by atoms with E-state index in [1.54, 1.807) is 0 Å². The first-order chi connectivity index (χ1) is 0. The Kier molecular flexibility index (Phi) is 894. The van der Waals surface area contributed by atoms with Gasteiger partial charge in [-0.1, -0.05) is 0 Å². The van der Waals surface area contributed by atoms with Crippen LogP contribution in [-0.4, -0.2) is 44.1 Å². The fraction of sp³-hybridized carbons (Fsp3) is 0. The van der Waals surface area contributed by atoms with Gasteiger partial charge in [-0.3, -0.25) is 0 Å². The van der Waals surface area contributed by atoms with Crippen LogP contribution in [0.1, 0.15) is 0 Å². The van der Waals surface area contributed by atoms with E-state index in [1.807, 2.05) is 0 Å². The molecule has 0 radical (unpaired) electrons. The molecule has 5 heteroatoms. The van der Waals surface area contributed by atoms with Gasteiger partial charge in [-0.05, 0) is 0 Å². The van der Waals surface area contributed by atoms with Crippen molar-refractivity contribution < 1.29 is 30.4 Å². The van der Waals surface area contributed by atoms with Gasteiger partial charge in [0.15, 0.2) is 0 Å². The summed E-state index contributed by atoms with van der Waals surface area (Å²) in [5.74, 6) is 0. The van der Waals surface area contributed by atoms with E-state index in [-0.39, 0.29) is 63.6 Å². The minimum Gasteiger partial charge on any atom is 0 e. The second kappa shape index (κ2) is 50.3. The van der Waals surface area contributed by atoms with Gasteiger partial charge in [0.2, 0.25) is 0 Å². The largest absolute Gasteiger partial charge is 0.316 e. The normalized spacial score (nSPS) is 0. The molecule has 26 valence electrons. The summed E-state index contributed by atoms with van der Waals surface area (Å²) >= 11 is 0. The van der Waals surface area contributed by atoms with Gasteiger partial charge in [0.1, 0.15) is 0 Å². The van der Waals surface area contributed by atoms with Crippen LogP contribution in [0.2, 0.25) is 0 Å². The van der Waals surface area contributed by atoms with Crippen LogP contribution in [0.4, 0.5) is 0 Å². The summed E-state index contributed by atoms with van der Waals surface area (Å²) in [5.41, 5.74) is 0. The fourth-order valence-electron chi connectivity index (χ4n) is 0. The van der Waals surface area contributed by atoms with Crippen LogP contribution in [0, 0.1) is 0 Å². The summed E-state index contributed by atoms with van der Waals surface area (Å²) < 4.78 is 0. The van der Waals surface area contributed by atoms with E-state index in [9.17, 15) is 0 Å². The van der Waals surface area contributed by atoms with Crippen LogP contribution >= 0.6 is 0 Å². The van der Waals surface area contributed by atoms with E-state index in [4.69, 9.17) is 0 Å². The van der Waals surface area contributed by atoms with Crippen molar-refractivity contribution in [1.29, 1.82) is 0 Å². The Morgan fingerprint density at radius 3 is 0.800 bits per heavy atom. The first kappa shape index (κ1) is 89.0. The molecule has 5 heavy (non-hydrogen) atoms. The summed E-state index contributed by atoms with van der Waals surface area (Å²) in [7, 11) is 0. The van der Waals surface area contributed by atoms with Crippen LogP contribution in [-0.2, 0) is 19.5 Å². The Morgan fingerprint density at radius 2 is 0.800 bits per heavy atom. The molecule has 0 spiro atoms. The Labute approximate surface area is 63.4 Å². The predicted octanol–water partition coefficient (Wildman–Crippen LogP) is -3.48. The van der Waals surface area contributed by atoms with Crippen molar-refractivity contribution in [3.05, 3.63) is 0 Å². The van der Waals surface area contributed by atoms with Gasteiger partial charge in [0.25, 0.3) is 0 Å². The van der Waals surface area contributed by atoms with Crippen molar-refractivity contribution in [2.75, 3.05) is 0 Å². The van der Waals surface area contributed by atoms with E-state index in [0.717, 1.165) is 0 Å². The zero-order valence-corrected chi connectivity index (χ0v) is 4.67. The summed E-state index contributed by atoms with van der Waals surface area (Å²) in [6.45, 7) is 0. The Bertz CT molecular complexity index is 9.61. The smallest absolute Gasteiger partial charge is 0 e. The summed E-state index contributed by atoms with van der Waals surface area (Å²) in [4.78, 5) is 0. The van der Waals surface area contributed by atoms with Crippen LogP contribution < -0.4 is 0 Å². The standard InChI is InChI=1S/Be.Mg.2H2O.Zn.4H/h;;2*1H2;;;;;. The minimum absolute atomic E-state index is 0. The molecule has 0 aliphatic rings. The molecule has 0 saturated heterocycles. The Balaban J connectivity index is 0. The monoisotopic (exact) mass is 137 g/mol. The molecule has 0 heterocycles. The second-order valence-corrected chi connectivity index (χ2v) is 0. The molecule has 0 aliphatic carbocycles. The van der Waals surface area contributed by atoms with Crippen molar-refractivity contribution >= 4 is 33.2 Å². The summed E-state index contributed by atoms with van der Waals surface area (Å²) in [6.07, 6.45) is 0. The van der Waals surface area contributed by atoms with Gasteiger partial charge in [-0.2, -0.15) is 0 Å². The molecule has 0 fully saturated rings. The maximum absolute atomic E-state index is 0. The average Bonchev–Trinajstić information content (AvgIpc) is 0. The van der Waals surface area contributed by atoms with Gasteiger partial charge < -0.3 is 11.0 Å². The van der Waals surface area contributed by atoms with Crippen molar-refractivity contribution in [3.63, 3.8) is 0 Å². The molecule has 0 atom stereocenters. The third kappa shape index (κ3) is 30.3. The van der Waals surface area contributed by atoms with E-state index in [1.165, 1.54) is 0 Å². The molecular weight excluding hydrogens is 131 g/mol. The molecule has 0 aromatic rings. The quantitative estimate of drug-likeness (QED) is 0.312. The minimum atomic E-state index is 0. The SMILES string of the molecule is O.O.[BeH2].[MgH2].[Zn]. The molecule has 0 aliphatic heterocycles. The van der Waals surface area contributed by atoms with Crippen LogP contribution in [0.25, 0.3) is 0 Å². The molecule has 0 aromatic heterocycles. The van der Waals surface area contributed by atoms with Gasteiger partial charge in [-0.25, -0.2) is 0 Å². The maximum Gasteiger partial charge on any atom is 0.316 e. The summed E-state index contributed by atoms with van der Waals surface area (Å²) in [6, 6.07) is 0. The molecule has 0 rings (SSSR count). The topological polar surface area (TPSA) is 63.0 Å². The predicted molar refractivity (Wildman–Crippen MR) is 24.3 cm³/mol. The van der Waals surface area contributed by atoms with Gasteiger partial charge >= 0.3 is 33.2 Å². The first-order valence-corrected chi connectivity index (χ1v) is 0. The van der Waals surface area contributed by atoms with Gasteiger partial charge in [-0.15, -0.1) is 0 Å². The first-order valence-electron chi connectivity index (χ1n) is 0. The molecule has 2 nitrogen and oxygen atoms in total. The molecule has 0 aromatic carbocycles. The van der Waals surface area contributed by atoms with E-state index in [0.29, 0.717) is 0 Å². The maximum atomic E-state index is 0. The molecular formula is H8BeMgO2Zn. The van der Waals surface area contributed by atoms with E-state index >= 15 is 0 Å². The molecule has 4 N–H and O–H groups in total. The van der Waals surface area contributed by atoms with E-state index < -0.39 is 0 Å². The van der Waals surface area contributed by atoms with Crippen molar-refractivity contribution in [3.8, 4) is 0 Å². The third-order valence-electron chi connectivity index (χ3n) is 0. The van der Waals surface area contributed by atoms with E-state index in [2.05, 4.69) is 0 Å². The van der Waals surface area contributed by atoms with Gasteiger partial charge in [0, 0.05) is 19.5 Å². The number of hydrogen-bond acceptors (Lipinski definition) is 0. The number of rotatable bonds is 0. The molecule has 0 amide bonds. The van der Waals surface area contributed by atoms with Crippen LogP contribution in [0.3, 0.4) is 0 Å². The van der Waals surface area contributed by atoms with Crippen molar-refractivity contribution in [2.24, 2.45) is 0 Å². The van der Waals surface area contributed by atoms with Crippen molar-refractivity contribution in [1.82, 2.24) is 0 Å². The summed E-state index contributed by atoms with van der Waals surface area (Å²) in [5, 5.41) is 0. The zero-order valence-electron chi connectivity index (χ0n) is 1.71. The van der Waals surface area contributed by atoms with Crippen LogP contribution in [0.5, 0.6) is 0 Å². The Hall–Kier alpha value is 1.48. The average molecular weight is 139 g/mol. The van der Waals surface area contributed by atoms with Gasteiger partial charge in [0.05, 0.1) is 0 Å². The third-order valence-corrected chi connectivity index (χ3v) is 0. The zero-order chi connectivity index (χ0) is 0. The fourth-order valence-corrected chi connectivity index (χ4v) is 0. The van der Waals surface area contributed by atoms with Crippen molar-refractivity contribution in [2.45, 2.75) is 0 Å². The molecule has 0 unspecified atom stereocenters.